The summed E-state index contributed by atoms with van der Waals surface area (Å²) in [6.07, 6.45) is 0. The molecule has 0 saturated heterocycles. The Morgan fingerprint density at radius 3 is 1.00 bits per heavy atom. The Hall–Kier alpha value is 1.50. The first-order valence-corrected chi connectivity index (χ1v) is 5.07. The van der Waals surface area contributed by atoms with E-state index in [1.165, 1.54) is 25.8 Å². The molecular weight excluding hydrogens is 287 g/mol. The Bertz CT molecular complexity index is 6.00. The van der Waals surface area contributed by atoms with Gasteiger partial charge in [-0.3, -0.25) is 0 Å². The van der Waals surface area contributed by atoms with Gasteiger partial charge in [0.1, 0.15) is 0 Å². The van der Waals surface area contributed by atoms with Crippen LogP contribution in [0.1, 0.15) is 0 Å². The van der Waals surface area contributed by atoms with Crippen LogP contribution in [0.25, 0.3) is 0 Å². The zero-order valence-electron chi connectivity index (χ0n) is 2.33. The topological polar surface area (TPSA) is 0 Å². The Morgan fingerprint density at radius 2 is 1.00 bits per heavy atom. The van der Waals surface area contributed by atoms with E-state index in [0.717, 1.165) is 0 Å². The zero-order chi connectivity index (χ0) is 2.00. The first kappa shape index (κ1) is 17.8. The number of halogens is 2. The van der Waals surface area contributed by atoms with Gasteiger partial charge in [-0.25, -0.2) is 0 Å². The molecule has 0 saturated carbocycles. The van der Waals surface area contributed by atoms with Crippen molar-refractivity contribution in [2.75, 3.05) is 0 Å². The third-order valence-corrected chi connectivity index (χ3v) is 0. The molecule has 0 aliphatic rings. The first-order chi connectivity index (χ1) is 1.00. The van der Waals surface area contributed by atoms with Gasteiger partial charge in [0.25, 0.3) is 0 Å². The molecular formula is CH3Cl2Tl. The van der Waals surface area contributed by atoms with Gasteiger partial charge in [-0.15, -0.1) is 0 Å². The summed E-state index contributed by atoms with van der Waals surface area (Å²) in [5.41, 5.74) is 0. The van der Waals surface area contributed by atoms with Crippen molar-refractivity contribution in [2.24, 2.45) is 0 Å². The SMILES string of the molecule is [CH3][Tl+2].[Cl-].[Cl-]. The van der Waals surface area contributed by atoms with Gasteiger partial charge >= 0.3 is 30.3 Å². The second-order valence-corrected chi connectivity index (χ2v) is 0. The van der Waals surface area contributed by atoms with E-state index >= 15 is 0 Å². The summed E-state index contributed by atoms with van der Waals surface area (Å²) in [6, 6.07) is 0. The molecule has 0 amide bonds. The predicted molar refractivity (Wildman–Crippen MR) is 11.6 cm³/mol. The molecule has 0 fully saturated rings. The Kier molecular flexibility index (Phi) is 109. The van der Waals surface area contributed by atoms with Gasteiger partial charge in [0.15, 0.2) is 0 Å². The standard InChI is InChI=1S/CH3.2ClH.Tl/h1H3;2*1H;/q;;;+2/p-2. The monoisotopic (exact) mass is 290 g/mol. The van der Waals surface area contributed by atoms with Gasteiger partial charge in [0, 0.05) is 0 Å². The molecule has 3 heteroatoms. The van der Waals surface area contributed by atoms with E-state index in [-0.39, 0.29) is 24.8 Å². The van der Waals surface area contributed by atoms with Gasteiger partial charge in [0.05, 0.1) is 0 Å². The van der Waals surface area contributed by atoms with Crippen molar-refractivity contribution in [2.45, 2.75) is 4.48 Å². The zero-order valence-corrected chi connectivity index (χ0v) is 8.33. The molecule has 0 unspecified atom stereocenters. The maximum atomic E-state index is 2.17. The molecule has 0 spiro atoms. The van der Waals surface area contributed by atoms with Crippen LogP contribution >= 0.6 is 0 Å². The van der Waals surface area contributed by atoms with Crippen molar-refractivity contribution >= 4 is 25.8 Å². The summed E-state index contributed by atoms with van der Waals surface area (Å²) in [6.45, 7) is 0. The fourth-order valence-corrected chi connectivity index (χ4v) is 0. The summed E-state index contributed by atoms with van der Waals surface area (Å²) >= 11 is 1.17. The summed E-state index contributed by atoms with van der Waals surface area (Å²) in [5.74, 6) is 0. The van der Waals surface area contributed by atoms with E-state index in [4.69, 9.17) is 0 Å². The molecule has 0 heterocycles. The smallest absolute Gasteiger partial charge is 1.00 e. The van der Waals surface area contributed by atoms with Crippen LogP contribution in [0.4, 0.5) is 0 Å². The first-order valence-electron chi connectivity index (χ1n) is 0.577. The van der Waals surface area contributed by atoms with Crippen molar-refractivity contribution in [1.82, 2.24) is 0 Å². The van der Waals surface area contributed by atoms with E-state index in [0.29, 0.717) is 0 Å². The largest absolute Gasteiger partial charge is 1.00 e. The van der Waals surface area contributed by atoms with Crippen LogP contribution in [0.2, 0.25) is 4.48 Å². The quantitative estimate of drug-likeness (QED) is 0.390. The summed E-state index contributed by atoms with van der Waals surface area (Å²) < 4.78 is 2.17. The average Bonchev–Trinajstić information content (AvgIpc) is 1.00. The van der Waals surface area contributed by atoms with Crippen LogP contribution in [0.15, 0.2) is 0 Å². The molecule has 0 atom stereocenters. The van der Waals surface area contributed by atoms with E-state index in [9.17, 15) is 0 Å². The van der Waals surface area contributed by atoms with Crippen LogP contribution in [-0.4, -0.2) is 25.8 Å². The number of rotatable bonds is 0. The molecule has 4 heavy (non-hydrogen) atoms. The van der Waals surface area contributed by atoms with Crippen molar-refractivity contribution in [1.29, 1.82) is 0 Å². The summed E-state index contributed by atoms with van der Waals surface area (Å²) in [5, 5.41) is 0. The summed E-state index contributed by atoms with van der Waals surface area (Å²) in [4.78, 5) is 0. The Balaban J connectivity index is -0.00000000500. The van der Waals surface area contributed by atoms with E-state index < -0.39 is 0 Å². The Morgan fingerprint density at radius 1 is 1.00 bits per heavy atom. The number of hydrogen-bond donors (Lipinski definition) is 0. The van der Waals surface area contributed by atoms with Crippen molar-refractivity contribution in [3.63, 3.8) is 0 Å². The maximum absolute atomic E-state index is 2.17. The van der Waals surface area contributed by atoms with E-state index in [1.54, 1.807) is 0 Å². The minimum atomic E-state index is 0. The molecule has 24 valence electrons. The van der Waals surface area contributed by atoms with Gasteiger partial charge in [-0.2, -0.15) is 0 Å². The van der Waals surface area contributed by atoms with Gasteiger partial charge < -0.3 is 24.8 Å². The van der Waals surface area contributed by atoms with E-state index in [2.05, 4.69) is 4.48 Å². The minimum absolute atomic E-state index is 0. The van der Waals surface area contributed by atoms with Gasteiger partial charge in [-0.1, -0.05) is 0 Å². The van der Waals surface area contributed by atoms with Crippen LogP contribution in [0.5, 0.6) is 0 Å². The molecule has 0 radical (unpaired) electrons. The second-order valence-electron chi connectivity index (χ2n) is 0. The molecule has 0 aliphatic heterocycles. The molecule has 0 bridgehead atoms. The van der Waals surface area contributed by atoms with Gasteiger partial charge in [-0.05, 0) is 0 Å². The van der Waals surface area contributed by atoms with Crippen molar-refractivity contribution < 1.29 is 24.8 Å². The summed E-state index contributed by atoms with van der Waals surface area (Å²) in [7, 11) is 0. The van der Waals surface area contributed by atoms with Crippen LogP contribution in [0, 0.1) is 0 Å². The Labute approximate surface area is 54.9 Å². The second kappa shape index (κ2) is 24.5. The normalized spacial score (nSPS) is 1.75. The van der Waals surface area contributed by atoms with Crippen LogP contribution < -0.4 is 24.8 Å². The fraction of sp³-hybridized carbons (Fsp3) is 1.00. The number of hydrogen-bond acceptors (Lipinski definition) is 0. The molecule has 0 aromatic rings. The molecule has 0 rings (SSSR count). The third-order valence-electron chi connectivity index (χ3n) is 0. The van der Waals surface area contributed by atoms with E-state index in [1.807, 2.05) is 0 Å². The molecule has 0 aromatic carbocycles. The van der Waals surface area contributed by atoms with Crippen LogP contribution in [-0.2, 0) is 0 Å². The van der Waals surface area contributed by atoms with Crippen molar-refractivity contribution in [3.05, 3.63) is 0 Å². The fourth-order valence-electron chi connectivity index (χ4n) is 0. The van der Waals surface area contributed by atoms with Crippen molar-refractivity contribution in [3.8, 4) is 0 Å². The third kappa shape index (κ3) is 9.72. The molecule has 0 N–H and O–H groups in total. The predicted octanol–water partition coefficient (Wildman–Crippen LogP) is -5.79. The maximum Gasteiger partial charge on any atom is -1.00 e. The molecule has 0 aliphatic carbocycles. The molecule has 0 nitrogen and oxygen atoms in total. The van der Waals surface area contributed by atoms with Crippen LogP contribution in [0.3, 0.4) is 0 Å². The minimum Gasteiger partial charge on any atom is -1.00 e. The molecule has 0 aromatic heterocycles. The van der Waals surface area contributed by atoms with Gasteiger partial charge in [0.2, 0.25) is 0 Å². The average molecular weight is 290 g/mol.